The van der Waals surface area contributed by atoms with Crippen molar-refractivity contribution in [2.75, 3.05) is 31.3 Å². The van der Waals surface area contributed by atoms with Crippen molar-refractivity contribution in [2.24, 2.45) is 5.92 Å². The van der Waals surface area contributed by atoms with E-state index >= 15 is 0 Å². The van der Waals surface area contributed by atoms with Crippen LogP contribution in [0.25, 0.3) is 0 Å². The van der Waals surface area contributed by atoms with Gasteiger partial charge in [0.1, 0.15) is 0 Å². The summed E-state index contributed by atoms with van der Waals surface area (Å²) in [6.07, 6.45) is 0. The van der Waals surface area contributed by atoms with Gasteiger partial charge in [0.2, 0.25) is 0 Å². The van der Waals surface area contributed by atoms with Gasteiger partial charge in [-0.2, -0.15) is 11.8 Å². The fourth-order valence-corrected chi connectivity index (χ4v) is 2.40. The molecule has 21 heavy (non-hydrogen) atoms. The van der Waals surface area contributed by atoms with Crippen LogP contribution in [0.3, 0.4) is 0 Å². The molecule has 0 atom stereocenters. The summed E-state index contributed by atoms with van der Waals surface area (Å²) < 4.78 is 11.5. The summed E-state index contributed by atoms with van der Waals surface area (Å²) in [4.78, 5) is 0. The topological polar surface area (TPSA) is 30.5 Å². The van der Waals surface area contributed by atoms with Crippen LogP contribution in [0.1, 0.15) is 33.3 Å². The Morgan fingerprint density at radius 2 is 1.95 bits per heavy atom. The second-order valence-corrected chi connectivity index (χ2v) is 6.68. The maximum atomic E-state index is 5.82. The van der Waals surface area contributed by atoms with Crippen molar-refractivity contribution < 1.29 is 9.47 Å². The van der Waals surface area contributed by atoms with Crippen molar-refractivity contribution in [3.8, 4) is 11.5 Å². The van der Waals surface area contributed by atoms with Crippen LogP contribution >= 0.6 is 11.8 Å². The molecular formula is C17H29NO2S. The van der Waals surface area contributed by atoms with Gasteiger partial charge < -0.3 is 14.8 Å². The molecule has 0 bridgehead atoms. The first-order chi connectivity index (χ1) is 10.2. The lowest BCUT2D eigenvalue weighted by Crippen LogP contribution is -2.19. The van der Waals surface area contributed by atoms with E-state index in [-0.39, 0.29) is 0 Å². The third-order valence-electron chi connectivity index (χ3n) is 2.88. The molecule has 0 aliphatic heterocycles. The molecule has 1 aromatic carbocycles. The quantitative estimate of drug-likeness (QED) is 0.627. The fraction of sp³-hybridized carbons (Fsp3) is 0.647. The van der Waals surface area contributed by atoms with E-state index in [9.17, 15) is 0 Å². The molecule has 120 valence electrons. The Labute approximate surface area is 133 Å². The van der Waals surface area contributed by atoms with Crippen LogP contribution in [0.15, 0.2) is 18.2 Å². The molecule has 0 unspecified atom stereocenters. The zero-order chi connectivity index (χ0) is 15.5. The largest absolute Gasteiger partial charge is 0.490 e. The highest BCUT2D eigenvalue weighted by Gasteiger charge is 2.07. The maximum Gasteiger partial charge on any atom is 0.161 e. The van der Waals surface area contributed by atoms with Gasteiger partial charge in [-0.1, -0.05) is 26.8 Å². The molecule has 3 nitrogen and oxygen atoms in total. The Morgan fingerprint density at radius 3 is 2.62 bits per heavy atom. The normalized spacial score (nSPS) is 10.9. The molecule has 0 saturated heterocycles. The summed E-state index contributed by atoms with van der Waals surface area (Å²) in [5.74, 6) is 4.50. The number of hydrogen-bond acceptors (Lipinski definition) is 4. The van der Waals surface area contributed by atoms with Crippen molar-refractivity contribution >= 4 is 11.8 Å². The van der Waals surface area contributed by atoms with Crippen LogP contribution in [-0.2, 0) is 6.54 Å². The van der Waals surface area contributed by atoms with Crippen molar-refractivity contribution in [1.82, 2.24) is 5.32 Å². The second-order valence-electron chi connectivity index (χ2n) is 5.28. The summed E-state index contributed by atoms with van der Waals surface area (Å²) >= 11 is 1.89. The fourth-order valence-electron chi connectivity index (χ4n) is 1.91. The van der Waals surface area contributed by atoms with Gasteiger partial charge in [0.15, 0.2) is 11.5 Å². The number of rotatable bonds is 11. The first-order valence-corrected chi connectivity index (χ1v) is 8.99. The van der Waals surface area contributed by atoms with Gasteiger partial charge in [0.25, 0.3) is 0 Å². The van der Waals surface area contributed by atoms with Crippen molar-refractivity contribution in [3.63, 3.8) is 0 Å². The van der Waals surface area contributed by atoms with E-state index in [0.29, 0.717) is 12.5 Å². The number of hydrogen-bond donors (Lipinski definition) is 1. The minimum Gasteiger partial charge on any atom is -0.490 e. The molecule has 0 aliphatic rings. The lowest BCUT2D eigenvalue weighted by atomic mass is 10.2. The predicted molar refractivity (Wildman–Crippen MR) is 92.6 cm³/mol. The van der Waals surface area contributed by atoms with Crippen LogP contribution < -0.4 is 14.8 Å². The van der Waals surface area contributed by atoms with Crippen molar-refractivity contribution in [3.05, 3.63) is 23.8 Å². The lowest BCUT2D eigenvalue weighted by molar-refractivity contribution is 0.289. The minimum atomic E-state index is 0.656. The smallest absolute Gasteiger partial charge is 0.161 e. The first kappa shape index (κ1) is 18.2. The number of benzene rings is 1. The van der Waals surface area contributed by atoms with Gasteiger partial charge >= 0.3 is 0 Å². The minimum absolute atomic E-state index is 0.656. The zero-order valence-electron chi connectivity index (χ0n) is 13.8. The van der Waals surface area contributed by atoms with E-state index in [1.807, 2.05) is 24.8 Å². The molecule has 0 aliphatic carbocycles. The molecule has 0 saturated carbocycles. The molecule has 1 rings (SSSR count). The van der Waals surface area contributed by atoms with E-state index < -0.39 is 0 Å². The Hall–Kier alpha value is -0.870. The predicted octanol–water partition coefficient (Wildman–Crippen LogP) is 3.96. The Balaban J connectivity index is 2.58. The van der Waals surface area contributed by atoms with Gasteiger partial charge in [0.05, 0.1) is 13.2 Å². The summed E-state index contributed by atoms with van der Waals surface area (Å²) in [6.45, 7) is 11.9. The standard InChI is InChI=1S/C17H29NO2S/c1-5-19-17-11-15(13-18-12-14(3)4)7-8-16(17)20-9-10-21-6-2/h7-8,11,14,18H,5-6,9-10,12-13H2,1-4H3. The van der Waals surface area contributed by atoms with Gasteiger partial charge in [-0.3, -0.25) is 0 Å². The molecule has 0 heterocycles. The molecule has 0 spiro atoms. The summed E-state index contributed by atoms with van der Waals surface area (Å²) in [7, 11) is 0. The zero-order valence-corrected chi connectivity index (χ0v) is 14.6. The monoisotopic (exact) mass is 311 g/mol. The average molecular weight is 311 g/mol. The van der Waals surface area contributed by atoms with Crippen LogP contribution in [-0.4, -0.2) is 31.3 Å². The van der Waals surface area contributed by atoms with Gasteiger partial charge in [-0.25, -0.2) is 0 Å². The molecule has 0 aromatic heterocycles. The van der Waals surface area contributed by atoms with Crippen LogP contribution in [0.5, 0.6) is 11.5 Å². The molecular weight excluding hydrogens is 282 g/mol. The third-order valence-corrected chi connectivity index (χ3v) is 3.74. The third kappa shape index (κ3) is 7.63. The van der Waals surface area contributed by atoms with E-state index in [1.54, 1.807) is 0 Å². The van der Waals surface area contributed by atoms with Gasteiger partial charge in [0, 0.05) is 12.3 Å². The molecule has 0 radical (unpaired) electrons. The number of thioether (sulfide) groups is 1. The van der Waals surface area contributed by atoms with Crippen LogP contribution in [0, 0.1) is 5.92 Å². The lowest BCUT2D eigenvalue weighted by Gasteiger charge is -2.14. The van der Waals surface area contributed by atoms with Crippen molar-refractivity contribution in [1.29, 1.82) is 0 Å². The number of ether oxygens (including phenoxy) is 2. The molecule has 0 amide bonds. The Kier molecular flexibility index (Phi) is 9.35. The highest BCUT2D eigenvalue weighted by molar-refractivity contribution is 7.99. The summed E-state index contributed by atoms with van der Waals surface area (Å²) in [5, 5.41) is 3.45. The Morgan fingerprint density at radius 1 is 1.14 bits per heavy atom. The summed E-state index contributed by atoms with van der Waals surface area (Å²) in [6, 6.07) is 6.21. The molecule has 1 aromatic rings. The Bertz CT molecular complexity index is 396. The highest BCUT2D eigenvalue weighted by atomic mass is 32.2. The van der Waals surface area contributed by atoms with Crippen LogP contribution in [0.2, 0.25) is 0 Å². The van der Waals surface area contributed by atoms with Gasteiger partial charge in [-0.05, 0) is 42.8 Å². The molecule has 1 N–H and O–H groups in total. The van der Waals surface area contributed by atoms with E-state index in [0.717, 1.165) is 42.7 Å². The van der Waals surface area contributed by atoms with Crippen LogP contribution in [0.4, 0.5) is 0 Å². The first-order valence-electron chi connectivity index (χ1n) is 7.84. The second kappa shape index (κ2) is 10.8. The van der Waals surface area contributed by atoms with E-state index in [4.69, 9.17) is 9.47 Å². The number of nitrogens with one attached hydrogen (secondary N) is 1. The SMILES string of the molecule is CCOc1cc(CNCC(C)C)ccc1OCCSCC. The highest BCUT2D eigenvalue weighted by Crippen LogP contribution is 2.28. The average Bonchev–Trinajstić information content (AvgIpc) is 2.45. The summed E-state index contributed by atoms with van der Waals surface area (Å²) in [5.41, 5.74) is 1.23. The molecule has 0 fully saturated rings. The van der Waals surface area contributed by atoms with Gasteiger partial charge in [-0.15, -0.1) is 0 Å². The van der Waals surface area contributed by atoms with Crippen molar-refractivity contribution in [2.45, 2.75) is 34.2 Å². The molecule has 4 heteroatoms. The van der Waals surface area contributed by atoms with E-state index in [2.05, 4.69) is 38.2 Å². The van der Waals surface area contributed by atoms with E-state index in [1.165, 1.54) is 5.56 Å². The maximum absolute atomic E-state index is 5.82.